The summed E-state index contributed by atoms with van der Waals surface area (Å²) in [5.41, 5.74) is 3.15. The summed E-state index contributed by atoms with van der Waals surface area (Å²) in [6, 6.07) is 20.8. The van der Waals surface area contributed by atoms with E-state index in [1.807, 2.05) is 11.0 Å². The molecule has 1 aromatic heterocycles. The largest absolute Gasteiger partial charge is 0.353 e. The molecule has 0 bridgehead atoms. The van der Waals surface area contributed by atoms with Crippen molar-refractivity contribution in [3.8, 4) is 0 Å². The van der Waals surface area contributed by atoms with Gasteiger partial charge < -0.3 is 9.47 Å². The second-order valence-corrected chi connectivity index (χ2v) is 9.14. The molecule has 1 aliphatic rings. The van der Waals surface area contributed by atoms with Gasteiger partial charge in [-0.3, -0.25) is 9.69 Å². The van der Waals surface area contributed by atoms with E-state index < -0.39 is 0 Å². The van der Waals surface area contributed by atoms with Gasteiger partial charge in [-0.15, -0.1) is 0 Å². The summed E-state index contributed by atoms with van der Waals surface area (Å²) in [5.74, 6) is 0.324. The second kappa shape index (κ2) is 9.70. The number of likely N-dealkylation sites (tertiary alicyclic amines) is 1. The van der Waals surface area contributed by atoms with E-state index in [4.69, 9.17) is 0 Å². The van der Waals surface area contributed by atoms with Crippen LogP contribution >= 0.6 is 0 Å². The van der Waals surface area contributed by atoms with Gasteiger partial charge in [0.1, 0.15) is 5.82 Å². The summed E-state index contributed by atoms with van der Waals surface area (Å²) in [6.07, 6.45) is 2.08. The molecule has 32 heavy (non-hydrogen) atoms. The molecule has 0 N–H and O–H groups in total. The van der Waals surface area contributed by atoms with E-state index in [2.05, 4.69) is 73.0 Å². The van der Waals surface area contributed by atoms with E-state index in [1.165, 1.54) is 23.4 Å². The highest BCUT2D eigenvalue weighted by molar-refractivity contribution is 5.94. The van der Waals surface area contributed by atoms with Crippen molar-refractivity contribution in [1.82, 2.24) is 14.4 Å². The zero-order chi connectivity index (χ0) is 22.7. The van der Waals surface area contributed by atoms with Crippen molar-refractivity contribution in [2.75, 3.05) is 19.6 Å². The first kappa shape index (κ1) is 22.3. The quantitative estimate of drug-likeness (QED) is 0.529. The van der Waals surface area contributed by atoms with Gasteiger partial charge in [-0.05, 0) is 61.7 Å². The zero-order valence-electron chi connectivity index (χ0n) is 19.1. The second-order valence-electron chi connectivity index (χ2n) is 9.14. The molecular formula is C27H32FN3O. The molecule has 2 atom stereocenters. The standard InChI is InChI=1S/C27H32FN3O/c1-20(2)31(27(32)22-11-13-24(28)14-12-22)17-23-16-30(18-25-10-7-15-29(25)3)19-26(23)21-8-5-4-6-9-21/h4-15,20,23,26H,16-19H2,1-3H3/t23-,26+/m0/s1. The van der Waals surface area contributed by atoms with Crippen LogP contribution in [-0.2, 0) is 13.6 Å². The molecule has 0 unspecified atom stereocenters. The lowest BCUT2D eigenvalue weighted by Crippen LogP contribution is -2.42. The van der Waals surface area contributed by atoms with Gasteiger partial charge in [-0.2, -0.15) is 0 Å². The average Bonchev–Trinajstić information content (AvgIpc) is 3.38. The van der Waals surface area contributed by atoms with Crippen LogP contribution in [0.15, 0.2) is 72.9 Å². The maximum absolute atomic E-state index is 13.4. The molecular weight excluding hydrogens is 401 g/mol. The van der Waals surface area contributed by atoms with Crippen LogP contribution in [-0.4, -0.2) is 46.0 Å². The van der Waals surface area contributed by atoms with Crippen molar-refractivity contribution in [2.45, 2.75) is 32.4 Å². The first-order valence-electron chi connectivity index (χ1n) is 11.4. The maximum Gasteiger partial charge on any atom is 0.254 e. The van der Waals surface area contributed by atoms with Crippen molar-refractivity contribution in [3.63, 3.8) is 0 Å². The van der Waals surface area contributed by atoms with Crippen LogP contribution in [0.1, 0.15) is 41.4 Å². The summed E-state index contributed by atoms with van der Waals surface area (Å²) in [6.45, 7) is 7.58. The van der Waals surface area contributed by atoms with Crippen molar-refractivity contribution < 1.29 is 9.18 Å². The van der Waals surface area contributed by atoms with Gasteiger partial charge >= 0.3 is 0 Å². The average molecular weight is 434 g/mol. The molecule has 0 radical (unpaired) electrons. The first-order chi connectivity index (χ1) is 15.4. The topological polar surface area (TPSA) is 28.5 Å². The number of hydrogen-bond acceptors (Lipinski definition) is 2. The van der Waals surface area contributed by atoms with E-state index in [1.54, 1.807) is 12.1 Å². The number of halogens is 1. The molecule has 0 aliphatic carbocycles. The van der Waals surface area contributed by atoms with Gasteiger partial charge in [0.25, 0.3) is 5.91 Å². The number of hydrogen-bond donors (Lipinski definition) is 0. The molecule has 5 heteroatoms. The van der Waals surface area contributed by atoms with Crippen molar-refractivity contribution in [2.24, 2.45) is 13.0 Å². The van der Waals surface area contributed by atoms with Crippen LogP contribution in [0.4, 0.5) is 4.39 Å². The predicted molar refractivity (Wildman–Crippen MR) is 126 cm³/mol. The van der Waals surface area contributed by atoms with Gasteiger partial charge in [0.2, 0.25) is 0 Å². The number of carbonyl (C=O) groups is 1. The molecule has 4 nitrogen and oxygen atoms in total. The number of rotatable bonds is 7. The molecule has 1 saturated heterocycles. The third-order valence-electron chi connectivity index (χ3n) is 6.59. The Morgan fingerprint density at radius 2 is 1.75 bits per heavy atom. The lowest BCUT2D eigenvalue weighted by Gasteiger charge is -2.32. The van der Waals surface area contributed by atoms with E-state index in [-0.39, 0.29) is 17.8 Å². The van der Waals surface area contributed by atoms with Crippen molar-refractivity contribution in [1.29, 1.82) is 0 Å². The summed E-state index contributed by atoms with van der Waals surface area (Å²) in [7, 11) is 2.08. The van der Waals surface area contributed by atoms with Crippen LogP contribution in [0.25, 0.3) is 0 Å². The molecule has 1 fully saturated rings. The first-order valence-corrected chi connectivity index (χ1v) is 11.4. The zero-order valence-corrected chi connectivity index (χ0v) is 19.1. The lowest BCUT2D eigenvalue weighted by molar-refractivity contribution is 0.0668. The monoisotopic (exact) mass is 433 g/mol. The van der Waals surface area contributed by atoms with E-state index >= 15 is 0 Å². The Hall–Kier alpha value is -2.92. The number of benzene rings is 2. The third-order valence-corrected chi connectivity index (χ3v) is 6.59. The van der Waals surface area contributed by atoms with E-state index in [0.717, 1.165) is 19.6 Å². The summed E-state index contributed by atoms with van der Waals surface area (Å²) in [4.78, 5) is 17.7. The summed E-state index contributed by atoms with van der Waals surface area (Å²) in [5, 5.41) is 0. The smallest absolute Gasteiger partial charge is 0.254 e. The predicted octanol–water partition coefficient (Wildman–Crippen LogP) is 4.93. The highest BCUT2D eigenvalue weighted by Gasteiger charge is 2.36. The fourth-order valence-electron chi connectivity index (χ4n) is 4.78. The highest BCUT2D eigenvalue weighted by Crippen LogP contribution is 2.34. The van der Waals surface area contributed by atoms with Crippen LogP contribution in [0.2, 0.25) is 0 Å². The van der Waals surface area contributed by atoms with Gasteiger partial charge in [-0.25, -0.2) is 4.39 Å². The Morgan fingerprint density at radius 1 is 1.03 bits per heavy atom. The molecule has 2 heterocycles. The molecule has 1 aliphatic heterocycles. The molecule has 168 valence electrons. The minimum absolute atomic E-state index is 0.0345. The Bertz CT molecular complexity index is 1030. The summed E-state index contributed by atoms with van der Waals surface area (Å²) < 4.78 is 15.5. The molecule has 3 aromatic rings. The normalized spacial score (nSPS) is 18.9. The Labute approximate surface area is 190 Å². The summed E-state index contributed by atoms with van der Waals surface area (Å²) >= 11 is 0. The van der Waals surface area contributed by atoms with Gasteiger partial charge in [0.15, 0.2) is 0 Å². The number of carbonyl (C=O) groups excluding carboxylic acids is 1. The minimum Gasteiger partial charge on any atom is -0.353 e. The maximum atomic E-state index is 13.4. The van der Waals surface area contributed by atoms with Crippen LogP contribution in [0, 0.1) is 11.7 Å². The number of aromatic nitrogens is 1. The highest BCUT2D eigenvalue weighted by atomic mass is 19.1. The molecule has 0 spiro atoms. The number of amides is 1. The SMILES string of the molecule is CC(C)N(C[C@@H]1CN(Cc2cccn2C)C[C@@H]1c1ccccc1)C(=O)c1ccc(F)cc1. The van der Waals surface area contributed by atoms with Crippen molar-refractivity contribution >= 4 is 5.91 Å². The van der Waals surface area contributed by atoms with E-state index in [0.29, 0.717) is 23.9 Å². The van der Waals surface area contributed by atoms with Gasteiger partial charge in [0, 0.05) is 62.6 Å². The number of aryl methyl sites for hydroxylation is 1. The fraction of sp³-hybridized carbons (Fsp3) is 0.370. The van der Waals surface area contributed by atoms with Crippen LogP contribution < -0.4 is 0 Å². The van der Waals surface area contributed by atoms with Crippen LogP contribution in [0.5, 0.6) is 0 Å². The van der Waals surface area contributed by atoms with Crippen LogP contribution in [0.3, 0.4) is 0 Å². The van der Waals surface area contributed by atoms with Gasteiger partial charge in [0.05, 0.1) is 0 Å². The molecule has 2 aromatic carbocycles. The third kappa shape index (κ3) is 4.94. The Morgan fingerprint density at radius 3 is 2.38 bits per heavy atom. The minimum atomic E-state index is -0.325. The molecule has 1 amide bonds. The molecule has 0 saturated carbocycles. The fourth-order valence-corrected chi connectivity index (χ4v) is 4.78. The van der Waals surface area contributed by atoms with Crippen molar-refractivity contribution in [3.05, 3.63) is 95.6 Å². The Balaban J connectivity index is 1.56. The van der Waals surface area contributed by atoms with E-state index in [9.17, 15) is 9.18 Å². The Kier molecular flexibility index (Phi) is 6.75. The number of nitrogens with zero attached hydrogens (tertiary/aromatic N) is 3. The molecule has 4 rings (SSSR count). The van der Waals surface area contributed by atoms with Gasteiger partial charge in [-0.1, -0.05) is 30.3 Å². The lowest BCUT2D eigenvalue weighted by atomic mass is 9.88.